The molecule has 4 rings (SSSR count). The number of halogens is 5. The molecule has 0 atom stereocenters. The maximum atomic E-state index is 13.4. The second kappa shape index (κ2) is 8.76. The zero-order valence-electron chi connectivity index (χ0n) is 15.6. The Labute approximate surface area is 178 Å². The van der Waals surface area contributed by atoms with Crippen LogP contribution in [0.4, 0.5) is 17.6 Å². The monoisotopic (exact) mass is 452 g/mol. The second-order valence-electron chi connectivity index (χ2n) is 6.32. The normalized spacial score (nSPS) is 11.3. The average molecular weight is 453 g/mol. The standard InChI is InChI=1S/C20H13ClF4N4O2/c21-17-19-28-27-18(12-2-4-13(5-3-12)31-20(24)25)29(19)16(10-26-17)30-8-7-11-1-6-14(22)15(23)9-11/h1-6,9-10,20H,7-8H2. The summed E-state index contributed by atoms with van der Waals surface area (Å²) in [6.07, 6.45) is 1.68. The van der Waals surface area contributed by atoms with Gasteiger partial charge in [0.2, 0.25) is 11.5 Å². The smallest absolute Gasteiger partial charge is 0.387 e. The van der Waals surface area contributed by atoms with Gasteiger partial charge in [-0.15, -0.1) is 10.2 Å². The highest BCUT2D eigenvalue weighted by Crippen LogP contribution is 2.28. The Kier molecular flexibility index (Phi) is 5.90. The van der Waals surface area contributed by atoms with Crippen LogP contribution in [0.3, 0.4) is 0 Å². The fraction of sp³-hybridized carbons (Fsp3) is 0.150. The number of hydrogen-bond donors (Lipinski definition) is 0. The predicted molar refractivity (Wildman–Crippen MR) is 103 cm³/mol. The van der Waals surface area contributed by atoms with E-state index in [1.165, 1.54) is 40.9 Å². The molecule has 31 heavy (non-hydrogen) atoms. The van der Waals surface area contributed by atoms with Gasteiger partial charge >= 0.3 is 6.61 Å². The minimum absolute atomic E-state index is 0.00438. The molecule has 0 saturated heterocycles. The molecule has 160 valence electrons. The van der Waals surface area contributed by atoms with E-state index in [4.69, 9.17) is 16.3 Å². The largest absolute Gasteiger partial charge is 0.477 e. The van der Waals surface area contributed by atoms with Crippen LogP contribution in [-0.4, -0.2) is 32.8 Å². The molecule has 4 aromatic rings. The van der Waals surface area contributed by atoms with Crippen molar-refractivity contribution < 1.29 is 27.0 Å². The van der Waals surface area contributed by atoms with E-state index < -0.39 is 18.2 Å². The van der Waals surface area contributed by atoms with Gasteiger partial charge in [0.05, 0.1) is 12.8 Å². The van der Waals surface area contributed by atoms with E-state index in [2.05, 4.69) is 19.9 Å². The van der Waals surface area contributed by atoms with E-state index in [9.17, 15) is 17.6 Å². The third-order valence-electron chi connectivity index (χ3n) is 4.32. The topological polar surface area (TPSA) is 61.5 Å². The zero-order chi connectivity index (χ0) is 22.0. The molecule has 0 N–H and O–H groups in total. The van der Waals surface area contributed by atoms with E-state index in [1.807, 2.05) is 0 Å². The highest BCUT2D eigenvalue weighted by atomic mass is 35.5. The molecule has 2 aromatic carbocycles. The van der Waals surface area contributed by atoms with Crippen molar-refractivity contribution >= 4 is 17.2 Å². The second-order valence-corrected chi connectivity index (χ2v) is 6.68. The number of aromatic nitrogens is 4. The number of ether oxygens (including phenoxy) is 2. The summed E-state index contributed by atoms with van der Waals surface area (Å²) < 4.78 is 62.8. The number of benzene rings is 2. The third-order valence-corrected chi connectivity index (χ3v) is 4.59. The van der Waals surface area contributed by atoms with E-state index in [0.29, 0.717) is 23.4 Å². The molecule has 0 aliphatic carbocycles. The predicted octanol–water partition coefficient (Wildman–Crippen LogP) is 4.95. The Morgan fingerprint density at radius 1 is 1.00 bits per heavy atom. The van der Waals surface area contributed by atoms with Crippen molar-refractivity contribution in [3.8, 4) is 23.0 Å². The van der Waals surface area contributed by atoms with E-state index in [0.717, 1.165) is 12.1 Å². The lowest BCUT2D eigenvalue weighted by molar-refractivity contribution is -0.0498. The number of nitrogens with zero attached hydrogens (tertiary/aromatic N) is 4. The van der Waals surface area contributed by atoms with Gasteiger partial charge in [-0.25, -0.2) is 18.2 Å². The van der Waals surface area contributed by atoms with Crippen LogP contribution in [-0.2, 0) is 6.42 Å². The van der Waals surface area contributed by atoms with E-state index in [1.54, 1.807) is 0 Å². The van der Waals surface area contributed by atoms with Crippen LogP contribution in [0, 0.1) is 11.6 Å². The van der Waals surface area contributed by atoms with Gasteiger partial charge in [0.1, 0.15) is 5.75 Å². The lowest BCUT2D eigenvalue weighted by atomic mass is 10.1. The first-order valence-corrected chi connectivity index (χ1v) is 9.32. The van der Waals surface area contributed by atoms with Crippen molar-refractivity contribution in [2.45, 2.75) is 13.0 Å². The molecule has 11 heteroatoms. The molecule has 0 amide bonds. The first kappa shape index (κ1) is 20.9. The summed E-state index contributed by atoms with van der Waals surface area (Å²) in [6.45, 7) is -2.80. The molecule has 0 fully saturated rings. The molecule has 0 spiro atoms. The first-order chi connectivity index (χ1) is 14.9. The molecule has 2 heterocycles. The van der Waals surface area contributed by atoms with Gasteiger partial charge in [0.25, 0.3) is 0 Å². The van der Waals surface area contributed by atoms with Gasteiger partial charge in [-0.05, 0) is 42.0 Å². The summed E-state index contributed by atoms with van der Waals surface area (Å²) in [7, 11) is 0. The summed E-state index contributed by atoms with van der Waals surface area (Å²) in [5.41, 5.74) is 1.33. The van der Waals surface area contributed by atoms with Crippen LogP contribution in [0.1, 0.15) is 5.56 Å². The average Bonchev–Trinajstić information content (AvgIpc) is 3.19. The third kappa shape index (κ3) is 4.53. The molecule has 0 radical (unpaired) electrons. The van der Waals surface area contributed by atoms with Crippen molar-refractivity contribution in [2.24, 2.45) is 0 Å². The highest BCUT2D eigenvalue weighted by molar-refractivity contribution is 6.32. The summed E-state index contributed by atoms with van der Waals surface area (Å²) in [4.78, 5) is 4.02. The summed E-state index contributed by atoms with van der Waals surface area (Å²) in [6, 6.07) is 9.42. The van der Waals surface area contributed by atoms with E-state index >= 15 is 0 Å². The lowest BCUT2D eigenvalue weighted by Gasteiger charge is -2.11. The maximum absolute atomic E-state index is 13.4. The maximum Gasteiger partial charge on any atom is 0.387 e. The summed E-state index contributed by atoms with van der Waals surface area (Å²) in [5, 5.41) is 8.19. The highest BCUT2D eigenvalue weighted by Gasteiger charge is 2.17. The minimum Gasteiger partial charge on any atom is -0.477 e. The van der Waals surface area contributed by atoms with Crippen molar-refractivity contribution in [3.05, 3.63) is 71.0 Å². The fourth-order valence-electron chi connectivity index (χ4n) is 2.90. The van der Waals surface area contributed by atoms with Crippen LogP contribution in [0.5, 0.6) is 11.6 Å². The van der Waals surface area contributed by atoms with Crippen molar-refractivity contribution in [1.82, 2.24) is 19.6 Å². The Hall–Kier alpha value is -3.40. The molecule has 2 aromatic heterocycles. The van der Waals surface area contributed by atoms with Gasteiger partial charge in [-0.2, -0.15) is 8.78 Å². The Morgan fingerprint density at radius 2 is 1.77 bits per heavy atom. The van der Waals surface area contributed by atoms with Gasteiger partial charge in [0, 0.05) is 12.0 Å². The van der Waals surface area contributed by atoms with Crippen LogP contribution in [0.2, 0.25) is 5.15 Å². The SMILES string of the molecule is Fc1ccc(CCOc2cnc(Cl)c3nnc(-c4ccc(OC(F)F)cc4)n23)cc1F. The molecule has 0 aliphatic heterocycles. The van der Waals surface area contributed by atoms with Crippen molar-refractivity contribution in [3.63, 3.8) is 0 Å². The van der Waals surface area contributed by atoms with Gasteiger partial charge in [0.15, 0.2) is 22.6 Å². The minimum atomic E-state index is -2.93. The van der Waals surface area contributed by atoms with E-state index in [-0.39, 0.29) is 29.0 Å². The molecular formula is C20H13ClF4N4O2. The van der Waals surface area contributed by atoms with Crippen molar-refractivity contribution in [1.29, 1.82) is 0 Å². The summed E-state index contributed by atoms with van der Waals surface area (Å²) >= 11 is 6.10. The Morgan fingerprint density at radius 3 is 2.48 bits per heavy atom. The molecule has 0 unspecified atom stereocenters. The quantitative estimate of drug-likeness (QED) is 0.371. The lowest BCUT2D eigenvalue weighted by Crippen LogP contribution is -2.07. The Balaban J connectivity index is 1.60. The summed E-state index contributed by atoms with van der Waals surface area (Å²) in [5.74, 6) is -1.27. The van der Waals surface area contributed by atoms with Crippen molar-refractivity contribution in [2.75, 3.05) is 6.61 Å². The van der Waals surface area contributed by atoms with Crippen LogP contribution in [0.15, 0.2) is 48.7 Å². The van der Waals surface area contributed by atoms with Crippen LogP contribution >= 0.6 is 11.6 Å². The number of alkyl halides is 2. The van der Waals surface area contributed by atoms with Gasteiger partial charge < -0.3 is 9.47 Å². The zero-order valence-corrected chi connectivity index (χ0v) is 16.4. The molecule has 0 bridgehead atoms. The Bertz CT molecular complexity index is 1220. The number of rotatable bonds is 7. The number of fused-ring (bicyclic) bond motifs is 1. The van der Waals surface area contributed by atoms with Crippen LogP contribution in [0.25, 0.3) is 17.0 Å². The molecule has 0 saturated carbocycles. The number of hydrogen-bond acceptors (Lipinski definition) is 5. The molecular weight excluding hydrogens is 440 g/mol. The fourth-order valence-corrected chi connectivity index (χ4v) is 3.07. The molecule has 0 aliphatic rings. The van der Waals surface area contributed by atoms with Gasteiger partial charge in [-0.3, -0.25) is 0 Å². The first-order valence-electron chi connectivity index (χ1n) is 8.94. The molecule has 6 nitrogen and oxygen atoms in total. The van der Waals surface area contributed by atoms with Gasteiger partial charge in [-0.1, -0.05) is 17.7 Å². The van der Waals surface area contributed by atoms with Crippen LogP contribution < -0.4 is 9.47 Å².